The van der Waals surface area contributed by atoms with Crippen LogP contribution in [0.15, 0.2) is 0 Å². The summed E-state index contributed by atoms with van der Waals surface area (Å²) in [6.45, 7) is 4.99. The number of nitrogens with two attached hydrogens (primary N) is 1. The van der Waals surface area contributed by atoms with Crippen LogP contribution >= 0.6 is 0 Å². The summed E-state index contributed by atoms with van der Waals surface area (Å²) in [6, 6.07) is 0. The van der Waals surface area contributed by atoms with Crippen LogP contribution in [0.2, 0.25) is 0 Å². The van der Waals surface area contributed by atoms with E-state index in [-0.39, 0.29) is 11.5 Å². The number of aliphatic hydroxyl groups is 1. The lowest BCUT2D eigenvalue weighted by molar-refractivity contribution is 0.0784. The summed E-state index contributed by atoms with van der Waals surface area (Å²) < 4.78 is 0. The topological polar surface area (TPSA) is 46.2 Å². The van der Waals surface area contributed by atoms with Crippen LogP contribution in [0.5, 0.6) is 0 Å². The molecular formula is C10H21NO. The largest absolute Gasteiger partial charge is 0.392 e. The Hall–Kier alpha value is -0.0800. The Bertz CT molecular complexity index is 145. The van der Waals surface area contributed by atoms with Crippen LogP contribution in [0.3, 0.4) is 0 Å². The maximum atomic E-state index is 9.86. The molecule has 1 saturated carbocycles. The Balaban J connectivity index is 2.35. The Kier molecular flexibility index (Phi) is 3.13. The van der Waals surface area contributed by atoms with Gasteiger partial charge in [-0.1, -0.05) is 26.7 Å². The van der Waals surface area contributed by atoms with Crippen molar-refractivity contribution in [2.75, 3.05) is 6.54 Å². The van der Waals surface area contributed by atoms with Gasteiger partial charge in [-0.15, -0.1) is 0 Å². The second-order valence-corrected chi connectivity index (χ2v) is 4.20. The van der Waals surface area contributed by atoms with E-state index in [0.29, 0.717) is 12.5 Å². The first-order chi connectivity index (χ1) is 5.67. The highest BCUT2D eigenvalue weighted by Crippen LogP contribution is 2.54. The SMILES string of the molecule is CCCC[C@H](O)[C@]1(CN)C[C@H]1C. The molecule has 72 valence electrons. The Morgan fingerprint density at radius 1 is 1.67 bits per heavy atom. The molecule has 0 aromatic rings. The molecule has 0 unspecified atom stereocenters. The van der Waals surface area contributed by atoms with Crippen molar-refractivity contribution in [2.45, 2.75) is 45.6 Å². The molecule has 3 N–H and O–H groups in total. The van der Waals surface area contributed by atoms with Crippen molar-refractivity contribution in [3.8, 4) is 0 Å². The van der Waals surface area contributed by atoms with Crippen molar-refractivity contribution in [3.63, 3.8) is 0 Å². The molecule has 1 aliphatic carbocycles. The van der Waals surface area contributed by atoms with Gasteiger partial charge < -0.3 is 10.8 Å². The van der Waals surface area contributed by atoms with E-state index in [1.807, 2.05) is 0 Å². The van der Waals surface area contributed by atoms with Crippen LogP contribution in [0.25, 0.3) is 0 Å². The molecule has 12 heavy (non-hydrogen) atoms. The van der Waals surface area contributed by atoms with Gasteiger partial charge in [-0.2, -0.15) is 0 Å². The van der Waals surface area contributed by atoms with Gasteiger partial charge in [0.15, 0.2) is 0 Å². The maximum absolute atomic E-state index is 9.86. The van der Waals surface area contributed by atoms with E-state index in [9.17, 15) is 5.11 Å². The van der Waals surface area contributed by atoms with Gasteiger partial charge in [-0.25, -0.2) is 0 Å². The van der Waals surface area contributed by atoms with E-state index < -0.39 is 0 Å². The van der Waals surface area contributed by atoms with Gasteiger partial charge in [0.25, 0.3) is 0 Å². The molecule has 0 heterocycles. The number of rotatable bonds is 5. The van der Waals surface area contributed by atoms with E-state index in [1.54, 1.807) is 0 Å². The minimum absolute atomic E-state index is 0.0924. The minimum Gasteiger partial charge on any atom is -0.392 e. The zero-order chi connectivity index (χ0) is 9.19. The summed E-state index contributed by atoms with van der Waals surface area (Å²) in [5.41, 5.74) is 5.76. The van der Waals surface area contributed by atoms with E-state index in [1.165, 1.54) is 0 Å². The third kappa shape index (κ3) is 1.64. The number of hydrogen-bond acceptors (Lipinski definition) is 2. The fraction of sp³-hybridized carbons (Fsp3) is 1.00. The summed E-state index contributed by atoms with van der Waals surface area (Å²) in [6.07, 6.45) is 4.17. The molecule has 0 amide bonds. The molecule has 0 radical (unpaired) electrons. The summed E-state index contributed by atoms with van der Waals surface area (Å²) >= 11 is 0. The third-order valence-electron chi connectivity index (χ3n) is 3.38. The molecule has 2 nitrogen and oxygen atoms in total. The molecule has 0 bridgehead atoms. The van der Waals surface area contributed by atoms with Crippen LogP contribution < -0.4 is 5.73 Å². The molecular weight excluding hydrogens is 150 g/mol. The molecule has 1 rings (SSSR count). The van der Waals surface area contributed by atoms with Crippen molar-refractivity contribution in [1.82, 2.24) is 0 Å². The molecule has 1 aliphatic rings. The van der Waals surface area contributed by atoms with E-state index in [4.69, 9.17) is 5.73 Å². The Labute approximate surface area is 75.2 Å². The zero-order valence-electron chi connectivity index (χ0n) is 8.21. The maximum Gasteiger partial charge on any atom is 0.0611 e. The van der Waals surface area contributed by atoms with Gasteiger partial charge in [0.05, 0.1) is 6.10 Å². The van der Waals surface area contributed by atoms with Gasteiger partial charge >= 0.3 is 0 Å². The molecule has 0 aromatic carbocycles. The van der Waals surface area contributed by atoms with Gasteiger partial charge in [-0.05, 0) is 18.8 Å². The lowest BCUT2D eigenvalue weighted by Gasteiger charge is -2.21. The van der Waals surface area contributed by atoms with Crippen LogP contribution in [0.4, 0.5) is 0 Å². The second-order valence-electron chi connectivity index (χ2n) is 4.20. The molecule has 0 saturated heterocycles. The zero-order valence-corrected chi connectivity index (χ0v) is 8.21. The highest BCUT2D eigenvalue weighted by Gasteiger charge is 2.54. The molecule has 0 aliphatic heterocycles. The first-order valence-corrected chi connectivity index (χ1v) is 5.05. The van der Waals surface area contributed by atoms with Crippen molar-refractivity contribution in [2.24, 2.45) is 17.1 Å². The summed E-state index contributed by atoms with van der Waals surface area (Å²) in [7, 11) is 0. The van der Waals surface area contributed by atoms with E-state index in [2.05, 4.69) is 13.8 Å². The van der Waals surface area contributed by atoms with Crippen molar-refractivity contribution in [1.29, 1.82) is 0 Å². The van der Waals surface area contributed by atoms with Gasteiger partial charge in [0.1, 0.15) is 0 Å². The van der Waals surface area contributed by atoms with Crippen LogP contribution in [-0.4, -0.2) is 17.8 Å². The second kappa shape index (κ2) is 3.75. The molecule has 1 fully saturated rings. The highest BCUT2D eigenvalue weighted by atomic mass is 16.3. The standard InChI is InChI=1S/C10H21NO/c1-3-4-5-9(12)10(7-11)6-8(10)2/h8-9,12H,3-7,11H2,1-2H3/t8-,9+,10+/m1/s1. The summed E-state index contributed by atoms with van der Waals surface area (Å²) in [5.74, 6) is 0.634. The fourth-order valence-corrected chi connectivity index (χ4v) is 2.08. The Morgan fingerprint density at radius 2 is 2.25 bits per heavy atom. The average Bonchev–Trinajstić information content (AvgIpc) is 2.74. The molecule has 0 aromatic heterocycles. The van der Waals surface area contributed by atoms with Crippen LogP contribution in [0.1, 0.15) is 39.5 Å². The Morgan fingerprint density at radius 3 is 2.58 bits per heavy atom. The van der Waals surface area contributed by atoms with Crippen molar-refractivity contribution < 1.29 is 5.11 Å². The lowest BCUT2D eigenvalue weighted by atomic mass is 9.92. The van der Waals surface area contributed by atoms with Crippen LogP contribution in [0, 0.1) is 11.3 Å². The first kappa shape index (κ1) is 10.0. The molecule has 3 atom stereocenters. The first-order valence-electron chi connectivity index (χ1n) is 5.05. The monoisotopic (exact) mass is 171 g/mol. The highest BCUT2D eigenvalue weighted by molar-refractivity contribution is 5.05. The van der Waals surface area contributed by atoms with Gasteiger partial charge in [-0.3, -0.25) is 0 Å². The van der Waals surface area contributed by atoms with Gasteiger partial charge in [0, 0.05) is 12.0 Å². The van der Waals surface area contributed by atoms with Crippen molar-refractivity contribution in [3.05, 3.63) is 0 Å². The smallest absolute Gasteiger partial charge is 0.0611 e. The summed E-state index contributed by atoms with van der Waals surface area (Å²) in [5, 5.41) is 9.86. The normalized spacial score (nSPS) is 36.5. The third-order valence-corrected chi connectivity index (χ3v) is 3.38. The van der Waals surface area contributed by atoms with E-state index in [0.717, 1.165) is 25.7 Å². The van der Waals surface area contributed by atoms with Crippen LogP contribution in [-0.2, 0) is 0 Å². The molecule has 0 spiro atoms. The molecule has 2 heteroatoms. The fourth-order valence-electron chi connectivity index (χ4n) is 2.08. The summed E-state index contributed by atoms with van der Waals surface area (Å²) in [4.78, 5) is 0. The predicted octanol–water partition coefficient (Wildman–Crippen LogP) is 1.52. The van der Waals surface area contributed by atoms with Crippen molar-refractivity contribution >= 4 is 0 Å². The quantitative estimate of drug-likeness (QED) is 0.659. The average molecular weight is 171 g/mol. The minimum atomic E-state index is -0.155. The lowest BCUT2D eigenvalue weighted by Crippen LogP contribution is -2.31. The number of hydrogen-bond donors (Lipinski definition) is 2. The van der Waals surface area contributed by atoms with E-state index >= 15 is 0 Å². The van der Waals surface area contributed by atoms with Gasteiger partial charge in [0.2, 0.25) is 0 Å². The predicted molar refractivity (Wildman–Crippen MR) is 50.8 cm³/mol. The number of aliphatic hydroxyl groups excluding tert-OH is 1. The number of unbranched alkanes of at least 4 members (excludes halogenated alkanes) is 1.